The molecule has 22 heavy (non-hydrogen) atoms. The predicted molar refractivity (Wildman–Crippen MR) is 81.7 cm³/mol. The van der Waals surface area contributed by atoms with Crippen molar-refractivity contribution in [3.05, 3.63) is 40.4 Å². The van der Waals surface area contributed by atoms with E-state index in [1.165, 1.54) is 0 Å². The summed E-state index contributed by atoms with van der Waals surface area (Å²) in [5, 5.41) is 6.47. The molecule has 7 heteroatoms. The monoisotopic (exact) mass is 302 g/mol. The van der Waals surface area contributed by atoms with Crippen LogP contribution in [0.3, 0.4) is 0 Å². The highest BCUT2D eigenvalue weighted by Gasteiger charge is 2.21. The SMILES string of the molecule is O=C(NCCc1nc2ccccc2c(=O)[nH]1)[C@H]1CNCCO1. The highest BCUT2D eigenvalue weighted by molar-refractivity contribution is 5.81. The summed E-state index contributed by atoms with van der Waals surface area (Å²) < 4.78 is 5.37. The molecule has 1 saturated heterocycles. The zero-order valence-corrected chi connectivity index (χ0v) is 12.1. The Morgan fingerprint density at radius 2 is 2.27 bits per heavy atom. The van der Waals surface area contributed by atoms with Crippen molar-refractivity contribution in [1.29, 1.82) is 0 Å². The van der Waals surface area contributed by atoms with Crippen LogP contribution in [0.4, 0.5) is 0 Å². The van der Waals surface area contributed by atoms with Crippen LogP contribution in [0.2, 0.25) is 0 Å². The normalized spacial score (nSPS) is 18.3. The molecule has 116 valence electrons. The third-order valence-corrected chi connectivity index (χ3v) is 3.54. The largest absolute Gasteiger partial charge is 0.366 e. The van der Waals surface area contributed by atoms with E-state index in [1.54, 1.807) is 18.2 Å². The topological polar surface area (TPSA) is 96.1 Å². The zero-order valence-electron chi connectivity index (χ0n) is 12.1. The third kappa shape index (κ3) is 3.32. The summed E-state index contributed by atoms with van der Waals surface area (Å²) in [7, 11) is 0. The van der Waals surface area contributed by atoms with Crippen molar-refractivity contribution < 1.29 is 9.53 Å². The van der Waals surface area contributed by atoms with Crippen molar-refractivity contribution in [2.24, 2.45) is 0 Å². The van der Waals surface area contributed by atoms with Crippen molar-refractivity contribution >= 4 is 16.8 Å². The lowest BCUT2D eigenvalue weighted by Crippen LogP contribution is -2.48. The van der Waals surface area contributed by atoms with E-state index in [4.69, 9.17) is 4.74 Å². The molecule has 3 rings (SSSR count). The van der Waals surface area contributed by atoms with Gasteiger partial charge in [0.2, 0.25) is 5.91 Å². The Kier molecular flexibility index (Phi) is 4.45. The summed E-state index contributed by atoms with van der Waals surface area (Å²) in [5.74, 6) is 0.419. The number of nitrogens with zero attached hydrogens (tertiary/aromatic N) is 1. The Balaban J connectivity index is 1.59. The summed E-state index contributed by atoms with van der Waals surface area (Å²) in [6.07, 6.45) is 0.0174. The Bertz CT molecular complexity index is 722. The number of nitrogens with one attached hydrogen (secondary N) is 3. The van der Waals surface area contributed by atoms with Crippen LogP contribution in [0.25, 0.3) is 10.9 Å². The van der Waals surface area contributed by atoms with Crippen molar-refractivity contribution in [1.82, 2.24) is 20.6 Å². The first-order valence-corrected chi connectivity index (χ1v) is 7.32. The molecule has 7 nitrogen and oxygen atoms in total. The molecule has 0 unspecified atom stereocenters. The summed E-state index contributed by atoms with van der Waals surface area (Å²) in [4.78, 5) is 31.0. The standard InChI is InChI=1S/C15H18N4O3/c20-14-10-3-1-2-4-11(10)18-13(19-14)5-6-17-15(21)12-9-16-7-8-22-12/h1-4,12,16H,5-9H2,(H,17,21)(H,18,19,20)/t12-/m1/s1. The number of aromatic amines is 1. The van der Waals surface area contributed by atoms with Crippen molar-refractivity contribution in [3.63, 3.8) is 0 Å². The number of H-pyrrole nitrogens is 1. The summed E-state index contributed by atoms with van der Waals surface area (Å²) in [5.41, 5.74) is 0.499. The van der Waals surface area contributed by atoms with E-state index in [0.29, 0.717) is 42.8 Å². The van der Waals surface area contributed by atoms with Gasteiger partial charge in [-0.3, -0.25) is 9.59 Å². The molecule has 0 bridgehead atoms. The number of morpholine rings is 1. The molecule has 1 aromatic heterocycles. The molecular weight excluding hydrogens is 284 g/mol. The molecule has 1 fully saturated rings. The maximum absolute atomic E-state index is 11.9. The van der Waals surface area contributed by atoms with Gasteiger partial charge in [-0.15, -0.1) is 0 Å². The first-order valence-electron chi connectivity index (χ1n) is 7.32. The number of rotatable bonds is 4. The van der Waals surface area contributed by atoms with Gasteiger partial charge in [-0.05, 0) is 12.1 Å². The number of fused-ring (bicyclic) bond motifs is 1. The van der Waals surface area contributed by atoms with Gasteiger partial charge < -0.3 is 20.4 Å². The van der Waals surface area contributed by atoms with Crippen molar-refractivity contribution in [2.45, 2.75) is 12.5 Å². The molecule has 1 aromatic carbocycles. The molecule has 1 aliphatic heterocycles. The highest BCUT2D eigenvalue weighted by Crippen LogP contribution is 2.05. The number of hydrogen-bond acceptors (Lipinski definition) is 5. The minimum Gasteiger partial charge on any atom is -0.366 e. The van der Waals surface area contributed by atoms with Gasteiger partial charge >= 0.3 is 0 Å². The molecule has 2 aromatic rings. The van der Waals surface area contributed by atoms with E-state index in [-0.39, 0.29) is 11.5 Å². The van der Waals surface area contributed by atoms with Crippen LogP contribution < -0.4 is 16.2 Å². The number of amides is 1. The average Bonchev–Trinajstić information content (AvgIpc) is 2.56. The number of carbonyl (C=O) groups is 1. The van der Waals surface area contributed by atoms with Gasteiger partial charge in [0.05, 0.1) is 17.5 Å². The fraction of sp³-hybridized carbons (Fsp3) is 0.400. The van der Waals surface area contributed by atoms with Crippen LogP contribution >= 0.6 is 0 Å². The fourth-order valence-electron chi connectivity index (χ4n) is 2.41. The number of benzene rings is 1. The second-order valence-corrected chi connectivity index (χ2v) is 5.13. The maximum Gasteiger partial charge on any atom is 0.258 e. The van der Waals surface area contributed by atoms with E-state index in [9.17, 15) is 9.59 Å². The quantitative estimate of drug-likeness (QED) is 0.712. The van der Waals surface area contributed by atoms with E-state index < -0.39 is 6.10 Å². The zero-order chi connectivity index (χ0) is 15.4. The first-order chi connectivity index (χ1) is 10.7. The molecule has 0 spiro atoms. The number of hydrogen-bond donors (Lipinski definition) is 3. The Morgan fingerprint density at radius 1 is 1.41 bits per heavy atom. The first kappa shape index (κ1) is 14.7. The molecule has 1 atom stereocenters. The molecular formula is C15H18N4O3. The number of ether oxygens (including phenoxy) is 1. The van der Waals surface area contributed by atoms with Crippen LogP contribution in [-0.2, 0) is 16.0 Å². The number of carbonyl (C=O) groups excluding carboxylic acids is 1. The van der Waals surface area contributed by atoms with E-state index in [1.807, 2.05) is 6.07 Å². The maximum atomic E-state index is 11.9. The van der Waals surface area contributed by atoms with Crippen molar-refractivity contribution in [3.8, 4) is 0 Å². The lowest BCUT2D eigenvalue weighted by atomic mass is 10.2. The van der Waals surface area contributed by atoms with Gasteiger partial charge in [-0.1, -0.05) is 12.1 Å². The molecule has 2 heterocycles. The average molecular weight is 302 g/mol. The minimum absolute atomic E-state index is 0.143. The second kappa shape index (κ2) is 6.67. The van der Waals surface area contributed by atoms with Gasteiger partial charge in [0.15, 0.2) is 0 Å². The Morgan fingerprint density at radius 3 is 3.09 bits per heavy atom. The molecule has 1 aliphatic rings. The highest BCUT2D eigenvalue weighted by atomic mass is 16.5. The lowest BCUT2D eigenvalue weighted by Gasteiger charge is -2.22. The van der Waals surface area contributed by atoms with Crippen LogP contribution in [0.5, 0.6) is 0 Å². The molecule has 0 saturated carbocycles. The Labute approximate surface area is 127 Å². The van der Waals surface area contributed by atoms with E-state index >= 15 is 0 Å². The van der Waals surface area contributed by atoms with Gasteiger partial charge in [-0.2, -0.15) is 0 Å². The second-order valence-electron chi connectivity index (χ2n) is 5.13. The molecule has 1 amide bonds. The third-order valence-electron chi connectivity index (χ3n) is 3.54. The van der Waals surface area contributed by atoms with E-state index in [0.717, 1.165) is 6.54 Å². The molecule has 0 radical (unpaired) electrons. The number of para-hydroxylation sites is 1. The minimum atomic E-state index is -0.447. The van der Waals surface area contributed by atoms with E-state index in [2.05, 4.69) is 20.6 Å². The molecule has 0 aliphatic carbocycles. The van der Waals surface area contributed by atoms with Gasteiger partial charge in [0.1, 0.15) is 11.9 Å². The smallest absolute Gasteiger partial charge is 0.258 e. The van der Waals surface area contributed by atoms with Crippen LogP contribution in [-0.4, -0.2) is 48.2 Å². The van der Waals surface area contributed by atoms with Gasteiger partial charge in [-0.25, -0.2) is 4.98 Å². The summed E-state index contributed by atoms with van der Waals surface area (Å²) in [6, 6.07) is 7.18. The lowest BCUT2D eigenvalue weighted by molar-refractivity contribution is -0.134. The summed E-state index contributed by atoms with van der Waals surface area (Å²) in [6.45, 7) is 2.24. The predicted octanol–water partition coefficient (Wildman–Crippen LogP) is -0.430. The van der Waals surface area contributed by atoms with Crippen molar-refractivity contribution in [2.75, 3.05) is 26.2 Å². The van der Waals surface area contributed by atoms with Crippen LogP contribution in [0.15, 0.2) is 29.1 Å². The van der Waals surface area contributed by atoms with Gasteiger partial charge in [0, 0.05) is 26.1 Å². The molecule has 3 N–H and O–H groups in total. The Hall–Kier alpha value is -2.25. The summed E-state index contributed by atoms with van der Waals surface area (Å²) >= 11 is 0. The van der Waals surface area contributed by atoms with Gasteiger partial charge in [0.25, 0.3) is 5.56 Å². The van der Waals surface area contributed by atoms with Crippen LogP contribution in [0.1, 0.15) is 5.82 Å². The van der Waals surface area contributed by atoms with Crippen LogP contribution in [0, 0.1) is 0 Å². The number of aromatic nitrogens is 2. The fourth-order valence-corrected chi connectivity index (χ4v) is 2.41.